The summed E-state index contributed by atoms with van der Waals surface area (Å²) >= 11 is 1.59. The molecule has 78 valence electrons. The Morgan fingerprint density at radius 1 is 1.46 bits per heavy atom. The van der Waals surface area contributed by atoms with Gasteiger partial charge in [0.15, 0.2) is 0 Å². The molecule has 1 saturated heterocycles. The van der Waals surface area contributed by atoms with Gasteiger partial charge in [0.2, 0.25) is 0 Å². The van der Waals surface area contributed by atoms with Crippen LogP contribution >= 0.6 is 11.8 Å². The number of hydrogen-bond acceptors (Lipinski definition) is 4. The molecule has 0 amide bonds. The topological polar surface area (TPSA) is 49.7 Å². The van der Waals surface area contributed by atoms with Gasteiger partial charge in [0, 0.05) is 6.42 Å². The predicted octanol–water partition coefficient (Wildman–Crippen LogP) is 0.986. The minimum Gasteiger partial charge on any atom is -0.390 e. The van der Waals surface area contributed by atoms with E-state index in [-0.39, 0.29) is 11.5 Å². The van der Waals surface area contributed by atoms with Crippen LogP contribution in [0.25, 0.3) is 0 Å². The Hall–Kier alpha value is 0.230. The van der Waals surface area contributed by atoms with Crippen molar-refractivity contribution in [2.45, 2.75) is 49.9 Å². The van der Waals surface area contributed by atoms with Crippen LogP contribution in [0.3, 0.4) is 0 Å². The highest BCUT2D eigenvalue weighted by Crippen LogP contribution is 2.28. The minimum absolute atomic E-state index is 0.0370. The van der Waals surface area contributed by atoms with Crippen molar-refractivity contribution in [1.82, 2.24) is 0 Å². The van der Waals surface area contributed by atoms with Crippen molar-refractivity contribution < 1.29 is 14.9 Å². The highest BCUT2D eigenvalue weighted by Gasteiger charge is 2.35. The fourth-order valence-electron chi connectivity index (χ4n) is 1.59. The number of thioether (sulfide) groups is 1. The summed E-state index contributed by atoms with van der Waals surface area (Å²) in [6.45, 7) is 2.05. The summed E-state index contributed by atoms with van der Waals surface area (Å²) in [5, 5.41) is 19.1. The molecule has 0 spiro atoms. The zero-order chi connectivity index (χ0) is 9.84. The van der Waals surface area contributed by atoms with E-state index in [1.54, 1.807) is 11.8 Å². The fraction of sp³-hybridized carbons (Fsp3) is 1.00. The molecule has 0 aromatic heterocycles. The van der Waals surface area contributed by atoms with E-state index in [9.17, 15) is 10.2 Å². The van der Waals surface area contributed by atoms with Crippen LogP contribution in [0.2, 0.25) is 0 Å². The maximum Gasteiger partial charge on any atom is 0.106 e. The molecular formula is C9H18O3S. The summed E-state index contributed by atoms with van der Waals surface area (Å²) in [6, 6.07) is 0. The smallest absolute Gasteiger partial charge is 0.106 e. The van der Waals surface area contributed by atoms with Gasteiger partial charge in [0.1, 0.15) is 11.5 Å². The standard InChI is InChI=1S/C9H18O3S/c1-3-4-7-9(11)6(10)5-8(12-7)13-2/h6-11H,3-5H2,1-2H3/t6-,7-,8-,9-/m1/s1. The van der Waals surface area contributed by atoms with Gasteiger partial charge in [-0.25, -0.2) is 0 Å². The Kier molecular flexibility index (Phi) is 4.52. The van der Waals surface area contributed by atoms with Crippen LogP contribution in [0.1, 0.15) is 26.2 Å². The van der Waals surface area contributed by atoms with E-state index >= 15 is 0 Å². The lowest BCUT2D eigenvalue weighted by atomic mass is 9.99. The molecule has 0 aliphatic carbocycles. The molecule has 3 nitrogen and oxygen atoms in total. The third-order valence-corrected chi connectivity index (χ3v) is 3.20. The van der Waals surface area contributed by atoms with Gasteiger partial charge in [-0.1, -0.05) is 13.3 Å². The molecule has 4 atom stereocenters. The first-order valence-electron chi connectivity index (χ1n) is 4.73. The van der Waals surface area contributed by atoms with Crippen LogP contribution in [0.4, 0.5) is 0 Å². The molecule has 1 rings (SSSR count). The van der Waals surface area contributed by atoms with E-state index in [2.05, 4.69) is 0 Å². The van der Waals surface area contributed by atoms with Crippen molar-refractivity contribution in [2.75, 3.05) is 6.26 Å². The zero-order valence-corrected chi connectivity index (χ0v) is 8.96. The summed E-state index contributed by atoms with van der Waals surface area (Å²) in [5.41, 5.74) is 0.0370. The van der Waals surface area contributed by atoms with Crippen molar-refractivity contribution in [2.24, 2.45) is 0 Å². The lowest BCUT2D eigenvalue weighted by Crippen LogP contribution is -2.47. The molecule has 1 aliphatic rings. The second kappa shape index (κ2) is 5.20. The van der Waals surface area contributed by atoms with Crippen molar-refractivity contribution in [3.63, 3.8) is 0 Å². The first kappa shape index (κ1) is 11.3. The monoisotopic (exact) mass is 206 g/mol. The Bertz CT molecular complexity index is 154. The molecule has 1 aliphatic heterocycles. The molecule has 0 bridgehead atoms. The van der Waals surface area contributed by atoms with Crippen LogP contribution < -0.4 is 0 Å². The van der Waals surface area contributed by atoms with E-state index < -0.39 is 12.2 Å². The Morgan fingerprint density at radius 2 is 2.15 bits per heavy atom. The van der Waals surface area contributed by atoms with Crippen molar-refractivity contribution in [3.8, 4) is 0 Å². The molecule has 1 heterocycles. The Balaban J connectivity index is 2.50. The van der Waals surface area contributed by atoms with Crippen molar-refractivity contribution >= 4 is 11.8 Å². The first-order valence-corrected chi connectivity index (χ1v) is 6.02. The van der Waals surface area contributed by atoms with Crippen LogP contribution in [0, 0.1) is 0 Å². The second-order valence-corrected chi connectivity index (χ2v) is 4.42. The molecule has 0 aromatic rings. The van der Waals surface area contributed by atoms with E-state index in [1.807, 2.05) is 13.2 Å². The number of aliphatic hydroxyl groups is 2. The third kappa shape index (κ3) is 2.84. The van der Waals surface area contributed by atoms with E-state index in [0.29, 0.717) is 6.42 Å². The van der Waals surface area contributed by atoms with Crippen molar-refractivity contribution in [1.29, 1.82) is 0 Å². The lowest BCUT2D eigenvalue weighted by Gasteiger charge is -2.36. The number of hydrogen-bond donors (Lipinski definition) is 2. The van der Waals surface area contributed by atoms with E-state index in [4.69, 9.17) is 4.74 Å². The second-order valence-electron chi connectivity index (χ2n) is 3.42. The minimum atomic E-state index is -0.705. The van der Waals surface area contributed by atoms with Gasteiger partial charge in [-0.05, 0) is 12.7 Å². The SMILES string of the molecule is CCC[C@H]1O[C@H](SC)C[C@@H](O)[C@H]1O. The average Bonchev–Trinajstić information content (AvgIpc) is 2.13. The molecule has 0 saturated carbocycles. The number of rotatable bonds is 3. The fourth-order valence-corrected chi connectivity index (χ4v) is 2.23. The molecule has 13 heavy (non-hydrogen) atoms. The highest BCUT2D eigenvalue weighted by atomic mass is 32.2. The Morgan fingerprint density at radius 3 is 2.69 bits per heavy atom. The number of aliphatic hydroxyl groups excluding tert-OH is 2. The van der Waals surface area contributed by atoms with Gasteiger partial charge < -0.3 is 14.9 Å². The summed E-state index contributed by atoms with van der Waals surface area (Å²) < 4.78 is 5.61. The summed E-state index contributed by atoms with van der Waals surface area (Å²) in [4.78, 5) is 0. The molecule has 0 unspecified atom stereocenters. The summed E-state index contributed by atoms with van der Waals surface area (Å²) in [6.07, 6.45) is 2.75. The number of ether oxygens (including phenoxy) is 1. The molecule has 2 N–H and O–H groups in total. The molecule has 0 radical (unpaired) electrons. The molecule has 4 heteroatoms. The van der Waals surface area contributed by atoms with Gasteiger partial charge in [-0.2, -0.15) is 0 Å². The quantitative estimate of drug-likeness (QED) is 0.723. The van der Waals surface area contributed by atoms with Gasteiger partial charge in [0.25, 0.3) is 0 Å². The van der Waals surface area contributed by atoms with Crippen LogP contribution in [-0.2, 0) is 4.74 Å². The van der Waals surface area contributed by atoms with Gasteiger partial charge in [-0.15, -0.1) is 11.8 Å². The van der Waals surface area contributed by atoms with E-state index in [1.165, 1.54) is 0 Å². The molecule has 0 aromatic carbocycles. The third-order valence-electron chi connectivity index (χ3n) is 2.37. The summed E-state index contributed by atoms with van der Waals surface area (Å²) in [5.74, 6) is 0. The predicted molar refractivity (Wildman–Crippen MR) is 53.7 cm³/mol. The first-order chi connectivity index (χ1) is 6.19. The van der Waals surface area contributed by atoms with Gasteiger partial charge in [-0.3, -0.25) is 0 Å². The van der Waals surface area contributed by atoms with Crippen LogP contribution in [0.5, 0.6) is 0 Å². The highest BCUT2D eigenvalue weighted by molar-refractivity contribution is 7.99. The normalized spacial score (nSPS) is 40.6. The largest absolute Gasteiger partial charge is 0.390 e. The summed E-state index contributed by atoms with van der Waals surface area (Å²) in [7, 11) is 0. The average molecular weight is 206 g/mol. The Labute approximate surface area is 83.5 Å². The lowest BCUT2D eigenvalue weighted by molar-refractivity contribution is -0.146. The van der Waals surface area contributed by atoms with Crippen LogP contribution in [0.15, 0.2) is 0 Å². The molecular weight excluding hydrogens is 188 g/mol. The van der Waals surface area contributed by atoms with E-state index in [0.717, 1.165) is 12.8 Å². The van der Waals surface area contributed by atoms with Crippen molar-refractivity contribution in [3.05, 3.63) is 0 Å². The molecule has 1 fully saturated rings. The maximum absolute atomic E-state index is 9.60. The zero-order valence-electron chi connectivity index (χ0n) is 8.14. The van der Waals surface area contributed by atoms with Crippen LogP contribution in [-0.4, -0.2) is 40.2 Å². The van der Waals surface area contributed by atoms with Gasteiger partial charge >= 0.3 is 0 Å². The maximum atomic E-state index is 9.60. The van der Waals surface area contributed by atoms with Gasteiger partial charge in [0.05, 0.1) is 12.2 Å².